The van der Waals surface area contributed by atoms with Crippen molar-refractivity contribution >= 4 is 11.9 Å². The average Bonchev–Trinajstić information content (AvgIpc) is 2.97. The van der Waals surface area contributed by atoms with Crippen LogP contribution in [0.25, 0.3) is 0 Å². The lowest BCUT2D eigenvalue weighted by Crippen LogP contribution is -2.40. The van der Waals surface area contributed by atoms with Gasteiger partial charge in [0, 0.05) is 25.7 Å². The van der Waals surface area contributed by atoms with Gasteiger partial charge in [-0.2, -0.15) is 5.10 Å². The molecule has 1 aromatic rings. The molecule has 1 saturated heterocycles. The van der Waals surface area contributed by atoms with Crippen molar-refractivity contribution in [2.75, 3.05) is 13.1 Å². The van der Waals surface area contributed by atoms with E-state index in [9.17, 15) is 9.59 Å². The van der Waals surface area contributed by atoms with Crippen molar-refractivity contribution in [3.8, 4) is 0 Å². The van der Waals surface area contributed by atoms with Crippen LogP contribution in [0.4, 0.5) is 0 Å². The van der Waals surface area contributed by atoms with E-state index in [1.165, 1.54) is 6.20 Å². The third-order valence-corrected chi connectivity index (χ3v) is 4.67. The smallest absolute Gasteiger partial charge is 0.338 e. The van der Waals surface area contributed by atoms with E-state index in [2.05, 4.69) is 25.9 Å². The predicted octanol–water partition coefficient (Wildman–Crippen LogP) is 2.43. The van der Waals surface area contributed by atoms with Crippen LogP contribution in [0, 0.1) is 11.8 Å². The van der Waals surface area contributed by atoms with Crippen LogP contribution in [0.1, 0.15) is 56.4 Å². The Morgan fingerprint density at radius 2 is 1.95 bits per heavy atom. The van der Waals surface area contributed by atoms with Gasteiger partial charge in [-0.05, 0) is 24.7 Å². The molecule has 1 aliphatic rings. The number of carbonyl (C=O) groups excluding carboxylic acids is 1. The Labute approximate surface area is 131 Å². The number of carboxylic acid groups (broad SMARTS) is 1. The second kappa shape index (κ2) is 6.94. The molecule has 1 aliphatic heterocycles. The first-order valence-electron chi connectivity index (χ1n) is 7.93. The van der Waals surface area contributed by atoms with Crippen LogP contribution >= 0.6 is 0 Å². The van der Waals surface area contributed by atoms with Gasteiger partial charge in [0.05, 0.1) is 17.8 Å². The highest BCUT2D eigenvalue weighted by atomic mass is 16.4. The molecule has 22 heavy (non-hydrogen) atoms. The molecule has 0 spiro atoms. The van der Waals surface area contributed by atoms with Crippen LogP contribution in [0.2, 0.25) is 0 Å². The molecular weight excluding hydrogens is 282 g/mol. The molecule has 0 radical (unpaired) electrons. The van der Waals surface area contributed by atoms with Crippen LogP contribution in [0.3, 0.4) is 0 Å². The zero-order valence-electron chi connectivity index (χ0n) is 13.5. The van der Waals surface area contributed by atoms with E-state index < -0.39 is 5.97 Å². The van der Waals surface area contributed by atoms with E-state index in [0.29, 0.717) is 18.3 Å². The molecule has 1 aromatic heterocycles. The van der Waals surface area contributed by atoms with Gasteiger partial charge >= 0.3 is 5.97 Å². The maximum Gasteiger partial charge on any atom is 0.338 e. The SMILES string of the molecule is CC(C)C(C)CC(=O)N1CCC(n2cc(C(=O)O)cn2)CC1. The fourth-order valence-electron chi connectivity index (χ4n) is 2.67. The number of carbonyl (C=O) groups is 2. The minimum absolute atomic E-state index is 0.180. The molecule has 1 atom stereocenters. The van der Waals surface area contributed by atoms with E-state index >= 15 is 0 Å². The van der Waals surface area contributed by atoms with E-state index in [0.717, 1.165) is 25.9 Å². The van der Waals surface area contributed by atoms with Gasteiger partial charge in [-0.15, -0.1) is 0 Å². The normalized spacial score (nSPS) is 17.7. The van der Waals surface area contributed by atoms with Gasteiger partial charge in [0.1, 0.15) is 0 Å². The second-order valence-corrected chi connectivity index (χ2v) is 6.55. The maximum atomic E-state index is 12.3. The fraction of sp³-hybridized carbons (Fsp3) is 0.688. The van der Waals surface area contributed by atoms with Gasteiger partial charge in [0.2, 0.25) is 5.91 Å². The quantitative estimate of drug-likeness (QED) is 0.906. The lowest BCUT2D eigenvalue weighted by molar-refractivity contribution is -0.133. The number of likely N-dealkylation sites (tertiary alicyclic amines) is 1. The third kappa shape index (κ3) is 3.87. The van der Waals surface area contributed by atoms with Gasteiger partial charge in [-0.3, -0.25) is 9.48 Å². The zero-order chi connectivity index (χ0) is 16.3. The maximum absolute atomic E-state index is 12.3. The minimum Gasteiger partial charge on any atom is -0.478 e. The Balaban J connectivity index is 1.87. The van der Waals surface area contributed by atoms with Crippen LogP contribution in [0.15, 0.2) is 12.4 Å². The first-order valence-corrected chi connectivity index (χ1v) is 7.93. The Morgan fingerprint density at radius 3 is 2.45 bits per heavy atom. The fourth-order valence-corrected chi connectivity index (χ4v) is 2.67. The molecule has 6 nitrogen and oxygen atoms in total. The molecule has 122 valence electrons. The number of aromatic nitrogens is 2. The molecule has 1 amide bonds. The Morgan fingerprint density at radius 1 is 1.32 bits per heavy atom. The zero-order valence-corrected chi connectivity index (χ0v) is 13.5. The summed E-state index contributed by atoms with van der Waals surface area (Å²) in [6.07, 6.45) is 5.20. The monoisotopic (exact) mass is 307 g/mol. The Hall–Kier alpha value is -1.85. The van der Waals surface area contributed by atoms with Crippen LogP contribution < -0.4 is 0 Å². The number of amides is 1. The van der Waals surface area contributed by atoms with Crippen LogP contribution in [-0.4, -0.2) is 44.8 Å². The Kier molecular flexibility index (Phi) is 5.21. The summed E-state index contributed by atoms with van der Waals surface area (Å²) < 4.78 is 1.72. The third-order valence-electron chi connectivity index (χ3n) is 4.67. The van der Waals surface area contributed by atoms with Crippen molar-refractivity contribution in [2.24, 2.45) is 11.8 Å². The van der Waals surface area contributed by atoms with Crippen molar-refractivity contribution in [1.29, 1.82) is 0 Å². The highest BCUT2D eigenvalue weighted by Gasteiger charge is 2.26. The summed E-state index contributed by atoms with van der Waals surface area (Å²) in [7, 11) is 0. The summed E-state index contributed by atoms with van der Waals surface area (Å²) in [4.78, 5) is 25.1. The largest absolute Gasteiger partial charge is 0.478 e. The van der Waals surface area contributed by atoms with Crippen molar-refractivity contribution in [3.05, 3.63) is 18.0 Å². The topological polar surface area (TPSA) is 75.4 Å². The summed E-state index contributed by atoms with van der Waals surface area (Å²) in [6, 6.07) is 0.180. The number of carboxylic acids is 1. The van der Waals surface area contributed by atoms with Crippen LogP contribution in [-0.2, 0) is 4.79 Å². The summed E-state index contributed by atoms with van der Waals surface area (Å²) in [5.74, 6) is 0.183. The molecule has 2 rings (SSSR count). The number of hydrogen-bond donors (Lipinski definition) is 1. The molecule has 0 aliphatic carbocycles. The molecule has 0 saturated carbocycles. The Bertz CT molecular complexity index is 530. The van der Waals surface area contributed by atoms with Crippen molar-refractivity contribution in [1.82, 2.24) is 14.7 Å². The van der Waals surface area contributed by atoms with E-state index in [4.69, 9.17) is 5.11 Å². The number of rotatable bonds is 5. The number of piperidine rings is 1. The average molecular weight is 307 g/mol. The number of hydrogen-bond acceptors (Lipinski definition) is 3. The molecule has 1 N–H and O–H groups in total. The minimum atomic E-state index is -0.957. The summed E-state index contributed by atoms with van der Waals surface area (Å²) in [5.41, 5.74) is 0.212. The molecule has 6 heteroatoms. The number of nitrogens with zero attached hydrogens (tertiary/aromatic N) is 3. The van der Waals surface area contributed by atoms with Gasteiger partial charge < -0.3 is 10.0 Å². The van der Waals surface area contributed by atoms with Crippen molar-refractivity contribution in [3.63, 3.8) is 0 Å². The lowest BCUT2D eigenvalue weighted by atomic mass is 9.93. The first-order chi connectivity index (χ1) is 10.4. The van der Waals surface area contributed by atoms with E-state index in [-0.39, 0.29) is 17.5 Å². The van der Waals surface area contributed by atoms with E-state index in [1.807, 2.05) is 4.90 Å². The highest BCUT2D eigenvalue weighted by Crippen LogP contribution is 2.24. The van der Waals surface area contributed by atoms with E-state index in [1.54, 1.807) is 10.9 Å². The summed E-state index contributed by atoms with van der Waals surface area (Å²) in [5, 5.41) is 13.1. The molecule has 2 heterocycles. The molecule has 1 fully saturated rings. The lowest BCUT2D eigenvalue weighted by Gasteiger charge is -2.33. The number of aromatic carboxylic acids is 1. The van der Waals surface area contributed by atoms with Gasteiger partial charge in [-0.1, -0.05) is 20.8 Å². The molecule has 0 aromatic carbocycles. The van der Waals surface area contributed by atoms with Crippen molar-refractivity contribution in [2.45, 2.75) is 46.1 Å². The van der Waals surface area contributed by atoms with Gasteiger partial charge in [0.15, 0.2) is 0 Å². The summed E-state index contributed by atoms with van der Waals surface area (Å²) >= 11 is 0. The van der Waals surface area contributed by atoms with Gasteiger partial charge in [-0.25, -0.2) is 4.79 Å². The highest BCUT2D eigenvalue weighted by molar-refractivity contribution is 5.86. The predicted molar refractivity (Wildman–Crippen MR) is 82.7 cm³/mol. The molecule has 1 unspecified atom stereocenters. The van der Waals surface area contributed by atoms with Crippen LogP contribution in [0.5, 0.6) is 0 Å². The van der Waals surface area contributed by atoms with Crippen molar-refractivity contribution < 1.29 is 14.7 Å². The summed E-state index contributed by atoms with van der Waals surface area (Å²) in [6.45, 7) is 7.84. The first kappa shape index (κ1) is 16.5. The second-order valence-electron chi connectivity index (χ2n) is 6.55. The molecular formula is C16H25N3O3. The standard InChI is InChI=1S/C16H25N3O3/c1-11(2)12(3)8-15(20)18-6-4-14(5-7-18)19-10-13(9-17-19)16(21)22/h9-12,14H,4-8H2,1-3H3,(H,21,22). The van der Waals surface area contributed by atoms with Gasteiger partial charge in [0.25, 0.3) is 0 Å². The molecule has 0 bridgehead atoms.